The second-order valence-electron chi connectivity index (χ2n) is 6.25. The number of nitrogens with zero attached hydrogens (tertiary/aromatic N) is 2. The van der Waals surface area contributed by atoms with Gasteiger partial charge in [-0.25, -0.2) is 13.9 Å². The van der Waals surface area contributed by atoms with E-state index in [2.05, 4.69) is 10.4 Å². The molecule has 1 amide bonds. The summed E-state index contributed by atoms with van der Waals surface area (Å²) in [5.41, 5.74) is 0.608. The first-order valence-electron chi connectivity index (χ1n) is 8.82. The average Bonchev–Trinajstić information content (AvgIpc) is 2.70. The van der Waals surface area contributed by atoms with Crippen molar-refractivity contribution in [1.82, 2.24) is 9.78 Å². The summed E-state index contributed by atoms with van der Waals surface area (Å²) in [7, 11) is 0. The molecule has 148 valence electrons. The lowest BCUT2D eigenvalue weighted by Crippen LogP contribution is -2.31. The minimum atomic E-state index is -1.15. The molecule has 29 heavy (non-hydrogen) atoms. The zero-order valence-electron chi connectivity index (χ0n) is 15.5. The van der Waals surface area contributed by atoms with Crippen molar-refractivity contribution in [2.75, 3.05) is 5.32 Å². The van der Waals surface area contributed by atoms with E-state index in [-0.39, 0.29) is 23.5 Å². The molecule has 0 aliphatic carbocycles. The number of anilines is 1. The second kappa shape index (κ2) is 8.92. The summed E-state index contributed by atoms with van der Waals surface area (Å²) >= 11 is 0. The van der Waals surface area contributed by atoms with Gasteiger partial charge in [-0.2, -0.15) is 5.10 Å². The molecule has 0 radical (unpaired) electrons. The maximum Gasteiger partial charge on any atom is 0.359 e. The van der Waals surface area contributed by atoms with Crippen LogP contribution in [0.15, 0.2) is 71.5 Å². The molecule has 1 atom stereocenters. The first-order valence-corrected chi connectivity index (χ1v) is 8.82. The molecule has 0 fully saturated rings. The van der Waals surface area contributed by atoms with Gasteiger partial charge >= 0.3 is 5.97 Å². The van der Waals surface area contributed by atoms with Crippen molar-refractivity contribution in [2.24, 2.45) is 0 Å². The molecule has 7 nitrogen and oxygen atoms in total. The number of esters is 1. The zero-order chi connectivity index (χ0) is 20.8. The molecule has 2 aromatic carbocycles. The lowest BCUT2D eigenvalue weighted by Gasteiger charge is -2.14. The number of amides is 1. The van der Waals surface area contributed by atoms with Crippen LogP contribution in [0.4, 0.5) is 10.1 Å². The van der Waals surface area contributed by atoms with Gasteiger partial charge in [0.05, 0.1) is 6.54 Å². The number of hydrogen-bond acceptors (Lipinski definition) is 5. The number of hydrogen-bond donors (Lipinski definition) is 1. The molecule has 8 heteroatoms. The molecule has 0 bridgehead atoms. The Kier molecular flexibility index (Phi) is 6.13. The number of carbonyl (C=O) groups is 2. The summed E-state index contributed by atoms with van der Waals surface area (Å²) in [6.07, 6.45) is -1.15. The van der Waals surface area contributed by atoms with Crippen LogP contribution in [0.5, 0.6) is 0 Å². The third kappa shape index (κ3) is 5.35. The lowest BCUT2D eigenvalue weighted by molar-refractivity contribution is -0.123. The third-order valence-corrected chi connectivity index (χ3v) is 4.00. The molecule has 1 aromatic heterocycles. The maximum absolute atomic E-state index is 13.2. The van der Waals surface area contributed by atoms with Crippen LogP contribution in [0.1, 0.15) is 23.0 Å². The first kappa shape index (κ1) is 19.9. The van der Waals surface area contributed by atoms with E-state index in [1.165, 1.54) is 37.3 Å². The molecule has 0 saturated heterocycles. The summed E-state index contributed by atoms with van der Waals surface area (Å²) < 4.78 is 19.5. The van der Waals surface area contributed by atoms with Crippen LogP contribution in [-0.4, -0.2) is 27.8 Å². The van der Waals surface area contributed by atoms with Crippen molar-refractivity contribution < 1.29 is 18.7 Å². The molecule has 3 rings (SSSR count). The molecule has 0 spiro atoms. The monoisotopic (exact) mass is 395 g/mol. The lowest BCUT2D eigenvalue weighted by atomic mass is 10.2. The molecular weight excluding hydrogens is 377 g/mol. The Morgan fingerprint density at radius 1 is 1.10 bits per heavy atom. The summed E-state index contributed by atoms with van der Waals surface area (Å²) in [5.74, 6) is -1.98. The Morgan fingerprint density at radius 3 is 2.59 bits per heavy atom. The van der Waals surface area contributed by atoms with E-state index in [1.54, 1.807) is 0 Å². The highest BCUT2D eigenvalue weighted by molar-refractivity contribution is 5.96. The minimum absolute atomic E-state index is 0.106. The third-order valence-electron chi connectivity index (χ3n) is 4.00. The van der Waals surface area contributed by atoms with Crippen molar-refractivity contribution in [2.45, 2.75) is 19.6 Å². The molecule has 0 aliphatic heterocycles. The molecule has 0 aliphatic rings. The van der Waals surface area contributed by atoms with Gasteiger partial charge in [-0.1, -0.05) is 36.4 Å². The van der Waals surface area contributed by atoms with Crippen molar-refractivity contribution in [1.29, 1.82) is 0 Å². The molecule has 0 saturated carbocycles. The van der Waals surface area contributed by atoms with Crippen LogP contribution < -0.4 is 10.9 Å². The smallest absolute Gasteiger partial charge is 0.359 e. The van der Waals surface area contributed by atoms with Gasteiger partial charge < -0.3 is 10.1 Å². The van der Waals surface area contributed by atoms with Crippen molar-refractivity contribution >= 4 is 17.6 Å². The topological polar surface area (TPSA) is 90.3 Å². The van der Waals surface area contributed by atoms with Crippen molar-refractivity contribution in [3.63, 3.8) is 0 Å². The van der Waals surface area contributed by atoms with E-state index in [1.807, 2.05) is 30.3 Å². The van der Waals surface area contributed by atoms with Crippen LogP contribution in [0, 0.1) is 5.82 Å². The molecule has 1 unspecified atom stereocenters. The summed E-state index contributed by atoms with van der Waals surface area (Å²) in [6.45, 7) is 1.57. The summed E-state index contributed by atoms with van der Waals surface area (Å²) in [4.78, 5) is 36.5. The fourth-order valence-electron chi connectivity index (χ4n) is 2.51. The Hall–Kier alpha value is -3.81. The molecule has 3 aromatic rings. The maximum atomic E-state index is 13.2. The fourth-order valence-corrected chi connectivity index (χ4v) is 2.51. The van der Waals surface area contributed by atoms with Gasteiger partial charge in [0.25, 0.3) is 11.5 Å². The van der Waals surface area contributed by atoms with Gasteiger partial charge in [0.1, 0.15) is 5.82 Å². The number of ether oxygens (including phenoxy) is 1. The van der Waals surface area contributed by atoms with Gasteiger partial charge in [-0.15, -0.1) is 0 Å². The number of rotatable bonds is 6. The van der Waals surface area contributed by atoms with E-state index in [9.17, 15) is 18.8 Å². The number of aromatic nitrogens is 2. The van der Waals surface area contributed by atoms with E-state index >= 15 is 0 Å². The van der Waals surface area contributed by atoms with Crippen LogP contribution in [0.2, 0.25) is 0 Å². The van der Waals surface area contributed by atoms with E-state index < -0.39 is 23.8 Å². The zero-order valence-corrected chi connectivity index (χ0v) is 15.5. The van der Waals surface area contributed by atoms with Crippen molar-refractivity contribution in [3.05, 3.63) is 94.2 Å². The van der Waals surface area contributed by atoms with Gasteiger partial charge in [-0.3, -0.25) is 9.59 Å². The SMILES string of the molecule is CC(OC(=O)c1ccc(=O)n(Cc2ccccc2)n1)C(=O)Nc1cccc(F)c1. The molecule has 1 N–H and O–H groups in total. The summed E-state index contributed by atoms with van der Waals surface area (Å²) in [5, 5.41) is 6.48. The van der Waals surface area contributed by atoms with Crippen LogP contribution in [0.25, 0.3) is 0 Å². The van der Waals surface area contributed by atoms with Crippen LogP contribution in [-0.2, 0) is 16.1 Å². The number of nitrogens with one attached hydrogen (secondary N) is 1. The molecule has 1 heterocycles. The van der Waals surface area contributed by atoms with E-state index in [4.69, 9.17) is 4.74 Å². The number of halogens is 1. The second-order valence-corrected chi connectivity index (χ2v) is 6.25. The highest BCUT2D eigenvalue weighted by Crippen LogP contribution is 2.10. The van der Waals surface area contributed by atoms with Crippen molar-refractivity contribution in [3.8, 4) is 0 Å². The minimum Gasteiger partial charge on any atom is -0.448 e. The van der Waals surface area contributed by atoms with Crippen LogP contribution in [0.3, 0.4) is 0 Å². The Morgan fingerprint density at radius 2 is 1.86 bits per heavy atom. The summed E-state index contributed by atoms with van der Waals surface area (Å²) in [6, 6.07) is 17.0. The highest BCUT2D eigenvalue weighted by atomic mass is 19.1. The highest BCUT2D eigenvalue weighted by Gasteiger charge is 2.20. The molecular formula is C21H18FN3O4. The van der Waals surface area contributed by atoms with Gasteiger partial charge in [-0.05, 0) is 36.8 Å². The van der Waals surface area contributed by atoms with Gasteiger partial charge in [0, 0.05) is 11.8 Å². The first-order chi connectivity index (χ1) is 13.9. The quantitative estimate of drug-likeness (QED) is 0.648. The largest absolute Gasteiger partial charge is 0.448 e. The predicted octanol–water partition coefficient (Wildman–Crippen LogP) is 2.61. The van der Waals surface area contributed by atoms with E-state index in [0.717, 1.165) is 16.3 Å². The fraction of sp³-hybridized carbons (Fsp3) is 0.143. The Bertz CT molecular complexity index is 1080. The Labute approximate surface area is 165 Å². The van der Waals surface area contributed by atoms with Gasteiger partial charge in [0.2, 0.25) is 0 Å². The normalized spacial score (nSPS) is 11.5. The standard InChI is InChI=1S/C21H18FN3O4/c1-14(20(27)23-17-9-5-8-16(22)12-17)29-21(28)18-10-11-19(26)25(24-18)13-15-6-3-2-4-7-15/h2-12,14H,13H2,1H3,(H,23,27). The predicted molar refractivity (Wildman–Crippen MR) is 104 cm³/mol. The van der Waals surface area contributed by atoms with Crippen LogP contribution >= 0.6 is 0 Å². The van der Waals surface area contributed by atoms with Gasteiger partial charge in [0.15, 0.2) is 11.8 Å². The number of benzene rings is 2. The van der Waals surface area contributed by atoms with E-state index in [0.29, 0.717) is 0 Å². The Balaban J connectivity index is 1.67. The number of carbonyl (C=O) groups excluding carboxylic acids is 2. The average molecular weight is 395 g/mol.